The van der Waals surface area contributed by atoms with Crippen LogP contribution in [-0.2, 0) is 0 Å². The van der Waals surface area contributed by atoms with Crippen LogP contribution in [0.1, 0.15) is 11.6 Å². The van der Waals surface area contributed by atoms with Gasteiger partial charge < -0.3 is 14.8 Å². The lowest BCUT2D eigenvalue weighted by atomic mass is 10.1. The molecule has 0 radical (unpaired) electrons. The van der Waals surface area contributed by atoms with Gasteiger partial charge in [0, 0.05) is 11.9 Å². The third-order valence-electron chi connectivity index (χ3n) is 2.30. The molecule has 0 aliphatic carbocycles. The van der Waals surface area contributed by atoms with Gasteiger partial charge in [0.25, 0.3) is 0 Å². The van der Waals surface area contributed by atoms with Gasteiger partial charge in [-0.3, -0.25) is 0 Å². The molecule has 0 saturated heterocycles. The molecule has 1 aliphatic rings. The highest BCUT2D eigenvalue weighted by Gasteiger charge is 2.16. The molecule has 0 spiro atoms. The van der Waals surface area contributed by atoms with Gasteiger partial charge in [0.1, 0.15) is 0 Å². The number of rotatable bonds is 3. The maximum Gasteiger partial charge on any atom is 0.231 e. The van der Waals surface area contributed by atoms with Gasteiger partial charge in [0.15, 0.2) is 11.5 Å². The van der Waals surface area contributed by atoms with E-state index in [-0.39, 0.29) is 6.04 Å². The second-order valence-electron chi connectivity index (χ2n) is 3.11. The molecule has 0 saturated carbocycles. The Balaban J connectivity index is 2.27. The van der Waals surface area contributed by atoms with Crippen LogP contribution >= 0.6 is 11.6 Å². The molecule has 0 bridgehead atoms. The molecule has 1 atom stereocenters. The first kappa shape index (κ1) is 9.62. The fraction of sp³-hybridized carbons (Fsp3) is 0.400. The molecule has 1 aromatic rings. The van der Waals surface area contributed by atoms with Crippen molar-refractivity contribution in [3.63, 3.8) is 0 Å². The van der Waals surface area contributed by atoms with Crippen LogP contribution in [0.25, 0.3) is 0 Å². The van der Waals surface area contributed by atoms with Crippen molar-refractivity contribution in [2.45, 2.75) is 6.04 Å². The minimum absolute atomic E-state index is 0.158. The van der Waals surface area contributed by atoms with E-state index in [1.807, 2.05) is 25.2 Å². The van der Waals surface area contributed by atoms with Crippen molar-refractivity contribution >= 4 is 11.6 Å². The fourth-order valence-corrected chi connectivity index (χ4v) is 1.80. The average molecular weight is 214 g/mol. The number of halogens is 1. The van der Waals surface area contributed by atoms with Gasteiger partial charge in [0.05, 0.1) is 0 Å². The van der Waals surface area contributed by atoms with Gasteiger partial charge in [-0.1, -0.05) is 6.07 Å². The smallest absolute Gasteiger partial charge is 0.231 e. The van der Waals surface area contributed by atoms with Gasteiger partial charge in [-0.25, -0.2) is 0 Å². The fourth-order valence-electron chi connectivity index (χ4n) is 1.46. The average Bonchev–Trinajstić information content (AvgIpc) is 2.66. The molecule has 1 aromatic carbocycles. The van der Waals surface area contributed by atoms with Crippen LogP contribution in [0.5, 0.6) is 11.5 Å². The van der Waals surface area contributed by atoms with Crippen molar-refractivity contribution in [2.24, 2.45) is 0 Å². The van der Waals surface area contributed by atoms with E-state index in [4.69, 9.17) is 21.1 Å². The van der Waals surface area contributed by atoms with E-state index in [2.05, 4.69) is 5.32 Å². The number of nitrogens with one attached hydrogen (secondary N) is 1. The Morgan fingerprint density at radius 2 is 2.21 bits per heavy atom. The summed E-state index contributed by atoms with van der Waals surface area (Å²) in [7, 11) is 1.89. The summed E-state index contributed by atoms with van der Waals surface area (Å²) in [5.41, 5.74) is 1.12. The highest BCUT2D eigenvalue weighted by atomic mass is 35.5. The maximum absolute atomic E-state index is 5.82. The van der Waals surface area contributed by atoms with E-state index in [1.54, 1.807) is 0 Å². The topological polar surface area (TPSA) is 30.5 Å². The number of alkyl halides is 1. The van der Waals surface area contributed by atoms with E-state index >= 15 is 0 Å². The Labute approximate surface area is 88.0 Å². The van der Waals surface area contributed by atoms with Crippen molar-refractivity contribution in [3.05, 3.63) is 23.8 Å². The molecule has 4 heteroatoms. The summed E-state index contributed by atoms with van der Waals surface area (Å²) in [6, 6.07) is 6.03. The largest absolute Gasteiger partial charge is 0.454 e. The zero-order valence-corrected chi connectivity index (χ0v) is 8.67. The summed E-state index contributed by atoms with van der Waals surface area (Å²) in [5, 5.41) is 3.13. The molecular weight excluding hydrogens is 202 g/mol. The predicted octanol–water partition coefficient (Wildman–Crippen LogP) is 1.91. The zero-order chi connectivity index (χ0) is 9.97. The van der Waals surface area contributed by atoms with Gasteiger partial charge >= 0.3 is 0 Å². The van der Waals surface area contributed by atoms with Gasteiger partial charge in [-0.05, 0) is 24.7 Å². The van der Waals surface area contributed by atoms with E-state index in [0.717, 1.165) is 17.1 Å². The Morgan fingerprint density at radius 1 is 1.43 bits per heavy atom. The highest BCUT2D eigenvalue weighted by molar-refractivity contribution is 6.18. The number of ether oxygens (including phenoxy) is 2. The number of hydrogen-bond donors (Lipinski definition) is 1. The molecule has 0 amide bonds. The third-order valence-corrected chi connectivity index (χ3v) is 2.61. The standard InChI is InChI=1S/C10H12ClNO2/c1-12-8(5-11)7-2-3-9-10(4-7)14-6-13-9/h2-4,8,12H,5-6H2,1H3. The second kappa shape index (κ2) is 4.07. The second-order valence-corrected chi connectivity index (χ2v) is 3.42. The summed E-state index contributed by atoms with van der Waals surface area (Å²) in [5.74, 6) is 2.14. The lowest BCUT2D eigenvalue weighted by Gasteiger charge is -2.13. The first-order valence-electron chi connectivity index (χ1n) is 4.48. The summed E-state index contributed by atoms with van der Waals surface area (Å²) >= 11 is 5.82. The summed E-state index contributed by atoms with van der Waals surface area (Å²) in [4.78, 5) is 0. The highest BCUT2D eigenvalue weighted by Crippen LogP contribution is 2.34. The first-order valence-corrected chi connectivity index (χ1v) is 5.01. The van der Waals surface area contributed by atoms with E-state index in [0.29, 0.717) is 12.7 Å². The molecule has 0 fully saturated rings. The van der Waals surface area contributed by atoms with Crippen LogP contribution in [0.4, 0.5) is 0 Å². The minimum Gasteiger partial charge on any atom is -0.454 e. The lowest BCUT2D eigenvalue weighted by Crippen LogP contribution is -2.17. The molecule has 1 N–H and O–H groups in total. The Bertz CT molecular complexity index is 326. The SMILES string of the molecule is CNC(CCl)c1ccc2c(c1)OCO2. The van der Waals surface area contributed by atoms with Crippen molar-refractivity contribution in [2.75, 3.05) is 19.7 Å². The molecule has 2 rings (SSSR count). The van der Waals surface area contributed by atoms with Crippen molar-refractivity contribution in [1.82, 2.24) is 5.32 Å². The molecule has 1 aliphatic heterocycles. The normalized spacial score (nSPS) is 15.6. The van der Waals surface area contributed by atoms with Crippen LogP contribution in [0.2, 0.25) is 0 Å². The monoisotopic (exact) mass is 213 g/mol. The zero-order valence-electron chi connectivity index (χ0n) is 7.92. The van der Waals surface area contributed by atoms with Crippen LogP contribution in [-0.4, -0.2) is 19.7 Å². The summed E-state index contributed by atoms with van der Waals surface area (Å²) in [6.07, 6.45) is 0. The summed E-state index contributed by atoms with van der Waals surface area (Å²) < 4.78 is 10.5. The number of hydrogen-bond acceptors (Lipinski definition) is 3. The third kappa shape index (κ3) is 1.65. The molecule has 3 nitrogen and oxygen atoms in total. The Kier molecular flexibility index (Phi) is 2.79. The Morgan fingerprint density at radius 3 is 2.93 bits per heavy atom. The predicted molar refractivity (Wildman–Crippen MR) is 55.1 cm³/mol. The van der Waals surface area contributed by atoms with Crippen LogP contribution < -0.4 is 14.8 Å². The number of benzene rings is 1. The lowest BCUT2D eigenvalue weighted by molar-refractivity contribution is 0.174. The van der Waals surface area contributed by atoms with Crippen LogP contribution in [0, 0.1) is 0 Å². The molecule has 0 aromatic heterocycles. The molecule has 14 heavy (non-hydrogen) atoms. The molecule has 76 valence electrons. The van der Waals surface area contributed by atoms with E-state index in [9.17, 15) is 0 Å². The quantitative estimate of drug-likeness (QED) is 0.779. The molecule has 1 heterocycles. The first-order chi connectivity index (χ1) is 6.85. The van der Waals surface area contributed by atoms with Gasteiger partial charge in [-0.15, -0.1) is 11.6 Å². The van der Waals surface area contributed by atoms with Crippen molar-refractivity contribution in [1.29, 1.82) is 0 Å². The van der Waals surface area contributed by atoms with Crippen molar-refractivity contribution < 1.29 is 9.47 Å². The Hall–Kier alpha value is -0.930. The summed E-state index contributed by atoms with van der Waals surface area (Å²) in [6.45, 7) is 0.309. The van der Waals surface area contributed by atoms with Gasteiger partial charge in [0.2, 0.25) is 6.79 Å². The molecular formula is C10H12ClNO2. The van der Waals surface area contributed by atoms with Crippen LogP contribution in [0.3, 0.4) is 0 Å². The van der Waals surface area contributed by atoms with E-state index < -0.39 is 0 Å². The van der Waals surface area contributed by atoms with Crippen LogP contribution in [0.15, 0.2) is 18.2 Å². The molecule has 1 unspecified atom stereocenters. The van der Waals surface area contributed by atoms with Crippen molar-refractivity contribution in [3.8, 4) is 11.5 Å². The number of fused-ring (bicyclic) bond motifs is 1. The maximum atomic E-state index is 5.82. The minimum atomic E-state index is 0.158. The van der Waals surface area contributed by atoms with E-state index in [1.165, 1.54) is 0 Å². The van der Waals surface area contributed by atoms with Gasteiger partial charge in [-0.2, -0.15) is 0 Å².